The molecule has 2 N–H and O–H groups in total. The van der Waals surface area contributed by atoms with Gasteiger partial charge in [-0.05, 0) is 39.7 Å². The minimum absolute atomic E-state index is 0.0961. The highest BCUT2D eigenvalue weighted by Crippen LogP contribution is 2.27. The summed E-state index contributed by atoms with van der Waals surface area (Å²) in [6, 6.07) is 0. The second-order valence-electron chi connectivity index (χ2n) is 4.04. The normalized spacial score (nSPS) is 29.5. The summed E-state index contributed by atoms with van der Waals surface area (Å²) in [5.41, 5.74) is 5.49. The second kappa shape index (κ2) is 4.94. The van der Waals surface area contributed by atoms with Gasteiger partial charge in [-0.1, -0.05) is 0 Å². The average Bonchev–Trinajstić information content (AvgIpc) is 2.04. The molecule has 0 aromatic rings. The largest absolute Gasteiger partial charge is 0.378 e. The van der Waals surface area contributed by atoms with Gasteiger partial charge in [-0.3, -0.25) is 0 Å². The van der Waals surface area contributed by atoms with Crippen LogP contribution < -0.4 is 5.73 Å². The van der Waals surface area contributed by atoms with Crippen LogP contribution in [0.1, 0.15) is 33.1 Å². The fourth-order valence-electron chi connectivity index (χ4n) is 1.94. The fourth-order valence-corrected chi connectivity index (χ4v) is 1.94. The Labute approximate surface area is 80.6 Å². The summed E-state index contributed by atoms with van der Waals surface area (Å²) in [6.45, 7) is 6.38. The lowest BCUT2D eigenvalue weighted by Gasteiger charge is -2.38. The molecule has 0 saturated carbocycles. The van der Waals surface area contributed by atoms with Crippen LogP contribution >= 0.6 is 0 Å². The quantitative estimate of drug-likeness (QED) is 0.721. The summed E-state index contributed by atoms with van der Waals surface area (Å²) < 4.78 is 11.4. The van der Waals surface area contributed by atoms with Crippen molar-refractivity contribution in [3.05, 3.63) is 0 Å². The molecule has 3 nitrogen and oxygen atoms in total. The zero-order valence-electron chi connectivity index (χ0n) is 8.71. The first kappa shape index (κ1) is 11.0. The molecule has 3 heteroatoms. The lowest BCUT2D eigenvalue weighted by molar-refractivity contribution is -0.152. The molecule has 0 bridgehead atoms. The molecule has 1 atom stereocenters. The maximum absolute atomic E-state index is 5.91. The van der Waals surface area contributed by atoms with Gasteiger partial charge >= 0.3 is 0 Å². The molecule has 13 heavy (non-hydrogen) atoms. The minimum atomic E-state index is -0.0961. The highest BCUT2D eigenvalue weighted by molar-refractivity contribution is 4.84. The Bertz CT molecular complexity index is 136. The predicted molar refractivity (Wildman–Crippen MR) is 52.7 cm³/mol. The molecule has 0 aromatic heterocycles. The molecule has 1 fully saturated rings. The van der Waals surface area contributed by atoms with E-state index in [1.54, 1.807) is 0 Å². The molecule has 0 radical (unpaired) electrons. The molecule has 0 amide bonds. The maximum atomic E-state index is 5.91. The predicted octanol–water partition coefficient (Wildman–Crippen LogP) is 1.31. The Morgan fingerprint density at radius 1 is 1.54 bits per heavy atom. The van der Waals surface area contributed by atoms with E-state index in [2.05, 4.69) is 13.8 Å². The topological polar surface area (TPSA) is 44.5 Å². The number of ether oxygens (including phenoxy) is 2. The van der Waals surface area contributed by atoms with E-state index in [4.69, 9.17) is 15.2 Å². The van der Waals surface area contributed by atoms with Crippen LogP contribution in [0.5, 0.6) is 0 Å². The van der Waals surface area contributed by atoms with Crippen LogP contribution in [0.4, 0.5) is 0 Å². The van der Waals surface area contributed by atoms with Gasteiger partial charge in [0.1, 0.15) is 0 Å². The van der Waals surface area contributed by atoms with Gasteiger partial charge in [0.05, 0.1) is 18.3 Å². The zero-order chi connectivity index (χ0) is 9.73. The molecule has 1 rings (SSSR count). The number of hydrogen-bond donors (Lipinski definition) is 1. The summed E-state index contributed by atoms with van der Waals surface area (Å²) in [7, 11) is 0. The fraction of sp³-hybridized carbons (Fsp3) is 1.00. The first-order chi connectivity index (χ1) is 6.18. The van der Waals surface area contributed by atoms with Crippen LogP contribution in [-0.4, -0.2) is 31.5 Å². The summed E-state index contributed by atoms with van der Waals surface area (Å²) in [5, 5.41) is 0. The zero-order valence-corrected chi connectivity index (χ0v) is 8.71. The monoisotopic (exact) mass is 187 g/mol. The van der Waals surface area contributed by atoms with Crippen LogP contribution in [-0.2, 0) is 9.47 Å². The van der Waals surface area contributed by atoms with Crippen molar-refractivity contribution in [3.63, 3.8) is 0 Å². The van der Waals surface area contributed by atoms with Crippen molar-refractivity contribution in [1.29, 1.82) is 0 Å². The Balaban J connectivity index is 2.50. The van der Waals surface area contributed by atoms with Crippen molar-refractivity contribution in [2.24, 2.45) is 5.73 Å². The van der Waals surface area contributed by atoms with E-state index in [1.165, 1.54) is 0 Å². The third-order valence-electron chi connectivity index (χ3n) is 2.37. The van der Waals surface area contributed by atoms with Crippen LogP contribution in [0.15, 0.2) is 0 Å². The SMILES string of the molecule is CC(C)OC1(CCN)CCCOC1. The molecule has 1 aliphatic rings. The molecule has 1 heterocycles. The van der Waals surface area contributed by atoms with E-state index >= 15 is 0 Å². The molecule has 78 valence electrons. The van der Waals surface area contributed by atoms with Gasteiger partial charge in [0.25, 0.3) is 0 Å². The van der Waals surface area contributed by atoms with Gasteiger partial charge in [-0.25, -0.2) is 0 Å². The van der Waals surface area contributed by atoms with Gasteiger partial charge in [-0.2, -0.15) is 0 Å². The number of hydrogen-bond acceptors (Lipinski definition) is 3. The summed E-state index contributed by atoms with van der Waals surface area (Å²) >= 11 is 0. The van der Waals surface area contributed by atoms with Crippen LogP contribution in [0.25, 0.3) is 0 Å². The second-order valence-corrected chi connectivity index (χ2v) is 4.04. The van der Waals surface area contributed by atoms with Gasteiger partial charge in [0.15, 0.2) is 0 Å². The Morgan fingerprint density at radius 2 is 2.31 bits per heavy atom. The maximum Gasteiger partial charge on any atom is 0.0931 e. The first-order valence-corrected chi connectivity index (χ1v) is 5.14. The molecule has 0 spiro atoms. The smallest absolute Gasteiger partial charge is 0.0931 e. The van der Waals surface area contributed by atoms with Crippen molar-refractivity contribution in [1.82, 2.24) is 0 Å². The van der Waals surface area contributed by atoms with E-state index < -0.39 is 0 Å². The summed E-state index contributed by atoms with van der Waals surface area (Å²) in [6.07, 6.45) is 3.34. The van der Waals surface area contributed by atoms with Gasteiger partial charge in [0, 0.05) is 6.61 Å². The molecule has 1 saturated heterocycles. The van der Waals surface area contributed by atoms with Crippen LogP contribution in [0.3, 0.4) is 0 Å². The summed E-state index contributed by atoms with van der Waals surface area (Å²) in [5.74, 6) is 0. The third kappa shape index (κ3) is 3.25. The van der Waals surface area contributed by atoms with Crippen molar-refractivity contribution in [2.75, 3.05) is 19.8 Å². The van der Waals surface area contributed by atoms with Crippen molar-refractivity contribution in [2.45, 2.75) is 44.8 Å². The molecule has 0 aromatic carbocycles. The highest BCUT2D eigenvalue weighted by Gasteiger charge is 2.33. The van der Waals surface area contributed by atoms with E-state index in [1.807, 2.05) is 0 Å². The van der Waals surface area contributed by atoms with Gasteiger partial charge in [-0.15, -0.1) is 0 Å². The van der Waals surface area contributed by atoms with Crippen LogP contribution in [0.2, 0.25) is 0 Å². The molecule has 1 aliphatic heterocycles. The molecule has 1 unspecified atom stereocenters. The van der Waals surface area contributed by atoms with Crippen molar-refractivity contribution >= 4 is 0 Å². The van der Waals surface area contributed by atoms with Crippen LogP contribution in [0, 0.1) is 0 Å². The first-order valence-electron chi connectivity index (χ1n) is 5.14. The van der Waals surface area contributed by atoms with Gasteiger partial charge in [0.2, 0.25) is 0 Å². The lowest BCUT2D eigenvalue weighted by atomic mass is 9.92. The standard InChI is InChI=1S/C10H21NO2/c1-9(2)13-10(5-6-11)4-3-7-12-8-10/h9H,3-8,11H2,1-2H3. The third-order valence-corrected chi connectivity index (χ3v) is 2.37. The average molecular weight is 187 g/mol. The Kier molecular flexibility index (Phi) is 4.16. The van der Waals surface area contributed by atoms with E-state index in [-0.39, 0.29) is 11.7 Å². The van der Waals surface area contributed by atoms with Gasteiger partial charge < -0.3 is 15.2 Å². The van der Waals surface area contributed by atoms with E-state index in [9.17, 15) is 0 Å². The summed E-state index contributed by atoms with van der Waals surface area (Å²) in [4.78, 5) is 0. The van der Waals surface area contributed by atoms with E-state index in [0.717, 1.165) is 25.9 Å². The highest BCUT2D eigenvalue weighted by atomic mass is 16.6. The molecule has 0 aliphatic carbocycles. The Hall–Kier alpha value is -0.120. The lowest BCUT2D eigenvalue weighted by Crippen LogP contribution is -2.44. The number of nitrogens with two attached hydrogens (primary N) is 1. The number of rotatable bonds is 4. The van der Waals surface area contributed by atoms with E-state index in [0.29, 0.717) is 13.2 Å². The Morgan fingerprint density at radius 3 is 2.77 bits per heavy atom. The van der Waals surface area contributed by atoms with Crippen molar-refractivity contribution in [3.8, 4) is 0 Å². The van der Waals surface area contributed by atoms with Crippen molar-refractivity contribution < 1.29 is 9.47 Å². The molecular weight excluding hydrogens is 166 g/mol. The molecular formula is C10H21NO2. The minimum Gasteiger partial charge on any atom is -0.378 e.